The van der Waals surface area contributed by atoms with Crippen LogP contribution in [0.5, 0.6) is 11.5 Å². The van der Waals surface area contributed by atoms with Gasteiger partial charge in [0.15, 0.2) is 6.61 Å². The predicted octanol–water partition coefficient (Wildman–Crippen LogP) is 4.45. The van der Waals surface area contributed by atoms with Crippen LogP contribution in [0, 0.1) is 0 Å². The van der Waals surface area contributed by atoms with Gasteiger partial charge in [-0.05, 0) is 59.6 Å². The number of amides is 1. The summed E-state index contributed by atoms with van der Waals surface area (Å²) < 4.78 is 11.7. The Labute approximate surface area is 151 Å². The van der Waals surface area contributed by atoms with Gasteiger partial charge in [0.25, 0.3) is 5.91 Å². The van der Waals surface area contributed by atoms with Gasteiger partial charge in [-0.25, -0.2) is 0 Å². The molecule has 2 aromatic carbocycles. The smallest absolute Gasteiger partial charge is 0.260 e. The molecule has 0 N–H and O–H groups in total. The Morgan fingerprint density at radius 1 is 1.21 bits per heavy atom. The quantitative estimate of drug-likeness (QED) is 0.699. The first-order valence-electron chi connectivity index (χ1n) is 7.87. The first-order valence-corrected chi connectivity index (χ1v) is 8.66. The van der Waals surface area contributed by atoms with Crippen molar-refractivity contribution in [3.63, 3.8) is 0 Å². The normalized spacial score (nSPS) is 11.7. The topological polar surface area (TPSA) is 38.8 Å². The van der Waals surface area contributed by atoms with E-state index < -0.39 is 0 Å². The fourth-order valence-electron chi connectivity index (χ4n) is 2.53. The van der Waals surface area contributed by atoms with Crippen LogP contribution in [0.3, 0.4) is 0 Å². The van der Waals surface area contributed by atoms with Crippen molar-refractivity contribution in [2.75, 3.05) is 20.3 Å². The van der Waals surface area contributed by atoms with E-state index in [0.717, 1.165) is 15.8 Å². The number of hydrogen-bond donors (Lipinski definition) is 0. The summed E-state index contributed by atoms with van der Waals surface area (Å²) in [5.74, 6) is 1.40. The van der Waals surface area contributed by atoms with E-state index in [4.69, 9.17) is 9.47 Å². The van der Waals surface area contributed by atoms with Crippen molar-refractivity contribution < 1.29 is 14.3 Å². The van der Waals surface area contributed by atoms with Gasteiger partial charge in [0.2, 0.25) is 0 Å². The monoisotopic (exact) mass is 391 g/mol. The minimum absolute atomic E-state index is 0.00472. The second-order valence-corrected chi connectivity index (χ2v) is 6.21. The Balaban J connectivity index is 2.06. The molecular formula is C19H22BrNO3. The van der Waals surface area contributed by atoms with Crippen LogP contribution >= 0.6 is 15.9 Å². The van der Waals surface area contributed by atoms with Gasteiger partial charge in [-0.3, -0.25) is 4.79 Å². The van der Waals surface area contributed by atoms with Crippen LogP contribution in [0.25, 0.3) is 0 Å². The number of benzene rings is 2. The zero-order chi connectivity index (χ0) is 17.5. The summed E-state index contributed by atoms with van der Waals surface area (Å²) >= 11 is 3.42. The second kappa shape index (κ2) is 8.73. The molecule has 0 aromatic heterocycles. The number of likely N-dealkylation sites (N-methyl/N-ethyl adjacent to an activating group) is 1. The lowest BCUT2D eigenvalue weighted by atomic mass is 10.1. The summed E-state index contributed by atoms with van der Waals surface area (Å²) in [7, 11) is 1.64. The summed E-state index contributed by atoms with van der Waals surface area (Å²) in [6.07, 6.45) is 0. The third kappa shape index (κ3) is 4.51. The van der Waals surface area contributed by atoms with E-state index >= 15 is 0 Å². The van der Waals surface area contributed by atoms with Gasteiger partial charge in [-0.2, -0.15) is 0 Å². The van der Waals surface area contributed by atoms with Gasteiger partial charge in [-0.15, -0.1) is 0 Å². The number of carbonyl (C=O) groups excluding carboxylic acids is 1. The number of nitrogens with zero attached hydrogens (tertiary/aromatic N) is 1. The standard InChI is InChI=1S/C19H22BrNO3/c1-4-21(14(2)15-8-7-9-16(12-15)23-3)19(22)13-24-18-11-6-5-10-17(18)20/h5-12,14H,4,13H2,1-3H3. The van der Waals surface area contributed by atoms with E-state index in [-0.39, 0.29) is 18.6 Å². The van der Waals surface area contributed by atoms with E-state index in [2.05, 4.69) is 15.9 Å². The molecule has 0 bridgehead atoms. The van der Waals surface area contributed by atoms with Crippen LogP contribution in [0.2, 0.25) is 0 Å². The van der Waals surface area contributed by atoms with E-state index in [0.29, 0.717) is 12.3 Å². The number of para-hydroxylation sites is 1. The summed E-state index contributed by atoms with van der Waals surface area (Å²) in [6.45, 7) is 4.59. The van der Waals surface area contributed by atoms with E-state index in [1.54, 1.807) is 12.0 Å². The molecule has 0 saturated heterocycles. The van der Waals surface area contributed by atoms with Gasteiger partial charge in [0.05, 0.1) is 17.6 Å². The number of carbonyl (C=O) groups is 1. The fraction of sp³-hybridized carbons (Fsp3) is 0.316. The van der Waals surface area contributed by atoms with Crippen LogP contribution in [0.1, 0.15) is 25.5 Å². The zero-order valence-corrected chi connectivity index (χ0v) is 15.7. The minimum atomic E-state index is -0.0552. The molecule has 5 heteroatoms. The van der Waals surface area contributed by atoms with Crippen molar-refractivity contribution in [1.29, 1.82) is 0 Å². The predicted molar refractivity (Wildman–Crippen MR) is 98.4 cm³/mol. The Hall–Kier alpha value is -2.01. The highest BCUT2D eigenvalue weighted by atomic mass is 79.9. The fourth-order valence-corrected chi connectivity index (χ4v) is 2.93. The third-order valence-corrected chi connectivity index (χ3v) is 4.55. The third-order valence-electron chi connectivity index (χ3n) is 3.89. The van der Waals surface area contributed by atoms with Gasteiger partial charge < -0.3 is 14.4 Å². The Bertz CT molecular complexity index is 690. The molecule has 0 spiro atoms. The molecule has 1 atom stereocenters. The second-order valence-electron chi connectivity index (χ2n) is 5.35. The molecular weight excluding hydrogens is 370 g/mol. The average Bonchev–Trinajstić information content (AvgIpc) is 2.61. The number of ether oxygens (including phenoxy) is 2. The van der Waals surface area contributed by atoms with Crippen LogP contribution < -0.4 is 9.47 Å². The van der Waals surface area contributed by atoms with E-state index in [1.165, 1.54) is 0 Å². The van der Waals surface area contributed by atoms with Crippen LogP contribution in [-0.2, 0) is 4.79 Å². The zero-order valence-electron chi connectivity index (χ0n) is 14.2. The SMILES string of the molecule is CCN(C(=O)COc1ccccc1Br)C(C)c1cccc(OC)c1. The first kappa shape index (κ1) is 18.3. The molecule has 0 radical (unpaired) electrons. The largest absolute Gasteiger partial charge is 0.497 e. The van der Waals surface area contributed by atoms with Crippen molar-refractivity contribution >= 4 is 21.8 Å². The number of methoxy groups -OCH3 is 1. The lowest BCUT2D eigenvalue weighted by molar-refractivity contribution is -0.135. The molecule has 1 unspecified atom stereocenters. The average molecular weight is 392 g/mol. The molecule has 0 aliphatic heterocycles. The molecule has 0 heterocycles. The maximum atomic E-state index is 12.6. The Kier molecular flexibility index (Phi) is 6.67. The Morgan fingerprint density at radius 3 is 2.62 bits per heavy atom. The maximum absolute atomic E-state index is 12.6. The molecule has 2 aromatic rings. The van der Waals surface area contributed by atoms with Crippen molar-refractivity contribution in [2.24, 2.45) is 0 Å². The Morgan fingerprint density at radius 2 is 1.96 bits per heavy atom. The van der Waals surface area contributed by atoms with E-state index in [9.17, 15) is 4.79 Å². The molecule has 4 nitrogen and oxygen atoms in total. The highest BCUT2D eigenvalue weighted by molar-refractivity contribution is 9.10. The summed E-state index contributed by atoms with van der Waals surface area (Å²) in [4.78, 5) is 14.4. The lowest BCUT2D eigenvalue weighted by Gasteiger charge is -2.28. The van der Waals surface area contributed by atoms with Crippen LogP contribution in [-0.4, -0.2) is 31.1 Å². The molecule has 0 aliphatic carbocycles. The molecule has 1 amide bonds. The first-order chi connectivity index (χ1) is 11.6. The summed E-state index contributed by atoms with van der Waals surface area (Å²) in [6, 6.07) is 15.2. The summed E-state index contributed by atoms with van der Waals surface area (Å²) in [5.41, 5.74) is 1.03. The highest BCUT2D eigenvalue weighted by Crippen LogP contribution is 2.26. The summed E-state index contributed by atoms with van der Waals surface area (Å²) in [5, 5.41) is 0. The maximum Gasteiger partial charge on any atom is 0.260 e. The van der Waals surface area contributed by atoms with Crippen LogP contribution in [0.15, 0.2) is 53.0 Å². The number of rotatable bonds is 7. The van der Waals surface area contributed by atoms with Crippen molar-refractivity contribution in [2.45, 2.75) is 19.9 Å². The van der Waals surface area contributed by atoms with Crippen molar-refractivity contribution in [3.05, 3.63) is 58.6 Å². The molecule has 0 saturated carbocycles. The number of halogens is 1. The van der Waals surface area contributed by atoms with Crippen molar-refractivity contribution in [1.82, 2.24) is 4.90 Å². The molecule has 2 rings (SSSR count). The lowest BCUT2D eigenvalue weighted by Crippen LogP contribution is -2.36. The van der Waals surface area contributed by atoms with E-state index in [1.807, 2.05) is 62.4 Å². The van der Waals surface area contributed by atoms with Gasteiger partial charge in [0, 0.05) is 6.54 Å². The van der Waals surface area contributed by atoms with Gasteiger partial charge in [-0.1, -0.05) is 24.3 Å². The van der Waals surface area contributed by atoms with Gasteiger partial charge in [0.1, 0.15) is 11.5 Å². The molecule has 0 aliphatic rings. The highest BCUT2D eigenvalue weighted by Gasteiger charge is 2.21. The molecule has 128 valence electrons. The molecule has 24 heavy (non-hydrogen) atoms. The molecule has 0 fully saturated rings. The van der Waals surface area contributed by atoms with Gasteiger partial charge >= 0.3 is 0 Å². The number of hydrogen-bond acceptors (Lipinski definition) is 3. The minimum Gasteiger partial charge on any atom is -0.497 e. The van der Waals surface area contributed by atoms with Crippen molar-refractivity contribution in [3.8, 4) is 11.5 Å². The van der Waals surface area contributed by atoms with Crippen LogP contribution in [0.4, 0.5) is 0 Å².